The molecule has 3 nitrogen and oxygen atoms in total. The van der Waals surface area contributed by atoms with Crippen LogP contribution in [0.1, 0.15) is 12.5 Å². The number of hydrogen-bond donors (Lipinski definition) is 2. The van der Waals surface area contributed by atoms with E-state index >= 15 is 0 Å². The Balaban J connectivity index is 2.53. The molecule has 0 saturated carbocycles. The minimum Gasteiger partial charge on any atom is -0.508 e. The molecule has 0 fully saturated rings. The second kappa shape index (κ2) is 6.10. The molecule has 1 aromatic rings. The molecule has 1 rings (SSSR count). The smallest absolute Gasteiger partial charge is 0.115 e. The molecular formula is C11H16BrNO2. The number of benzene rings is 1. The Bertz CT molecular complexity index is 317. The maximum atomic E-state index is 9.33. The molecule has 0 amide bonds. The second-order valence-corrected chi connectivity index (χ2v) is 4.37. The van der Waals surface area contributed by atoms with Gasteiger partial charge in [-0.05, 0) is 30.7 Å². The molecule has 1 aromatic carbocycles. The van der Waals surface area contributed by atoms with E-state index in [2.05, 4.69) is 28.2 Å². The standard InChI is InChI=1S/C11H16BrNO2/c1-8(7-15-2)13-6-9-5-10(14)3-4-11(9)12/h3-5,8,13-14H,6-7H2,1-2H3. The van der Waals surface area contributed by atoms with E-state index in [-0.39, 0.29) is 5.75 Å². The van der Waals surface area contributed by atoms with Gasteiger partial charge in [0.05, 0.1) is 6.61 Å². The number of phenols is 1. The van der Waals surface area contributed by atoms with E-state index in [0.717, 1.165) is 10.0 Å². The number of aromatic hydroxyl groups is 1. The van der Waals surface area contributed by atoms with Crippen LogP contribution in [0.15, 0.2) is 22.7 Å². The van der Waals surface area contributed by atoms with Crippen LogP contribution < -0.4 is 5.32 Å². The lowest BCUT2D eigenvalue weighted by Crippen LogP contribution is -2.29. The van der Waals surface area contributed by atoms with Gasteiger partial charge in [0.2, 0.25) is 0 Å². The third kappa shape index (κ3) is 4.20. The summed E-state index contributed by atoms with van der Waals surface area (Å²) in [5.74, 6) is 0.286. The summed E-state index contributed by atoms with van der Waals surface area (Å²) in [5.41, 5.74) is 1.04. The van der Waals surface area contributed by atoms with Crippen LogP contribution >= 0.6 is 15.9 Å². The summed E-state index contributed by atoms with van der Waals surface area (Å²) in [7, 11) is 1.68. The summed E-state index contributed by atoms with van der Waals surface area (Å²) < 4.78 is 6.02. The zero-order chi connectivity index (χ0) is 11.3. The highest BCUT2D eigenvalue weighted by Gasteiger charge is 2.04. The molecule has 4 heteroatoms. The summed E-state index contributed by atoms with van der Waals surface area (Å²) in [6, 6.07) is 5.54. The van der Waals surface area contributed by atoms with Crippen molar-refractivity contribution in [2.24, 2.45) is 0 Å². The SMILES string of the molecule is COCC(C)NCc1cc(O)ccc1Br. The van der Waals surface area contributed by atoms with Gasteiger partial charge in [0, 0.05) is 24.2 Å². The highest BCUT2D eigenvalue weighted by atomic mass is 79.9. The van der Waals surface area contributed by atoms with Crippen LogP contribution in [-0.2, 0) is 11.3 Å². The molecule has 0 radical (unpaired) electrons. The first-order valence-electron chi connectivity index (χ1n) is 4.83. The van der Waals surface area contributed by atoms with Gasteiger partial charge in [-0.25, -0.2) is 0 Å². The molecule has 84 valence electrons. The number of hydrogen-bond acceptors (Lipinski definition) is 3. The van der Waals surface area contributed by atoms with Gasteiger partial charge in [0.25, 0.3) is 0 Å². The Kier molecular flexibility index (Phi) is 5.08. The van der Waals surface area contributed by atoms with Crippen LogP contribution in [0.2, 0.25) is 0 Å². The maximum absolute atomic E-state index is 9.33. The summed E-state index contributed by atoms with van der Waals surface area (Å²) in [5, 5.41) is 12.6. The largest absolute Gasteiger partial charge is 0.508 e. The van der Waals surface area contributed by atoms with E-state index in [0.29, 0.717) is 19.2 Å². The van der Waals surface area contributed by atoms with Crippen molar-refractivity contribution in [1.29, 1.82) is 0 Å². The van der Waals surface area contributed by atoms with Crippen LogP contribution in [0.4, 0.5) is 0 Å². The third-order valence-electron chi connectivity index (χ3n) is 2.09. The van der Waals surface area contributed by atoms with Gasteiger partial charge in [0.15, 0.2) is 0 Å². The Morgan fingerprint density at radius 3 is 2.93 bits per heavy atom. The van der Waals surface area contributed by atoms with Gasteiger partial charge in [-0.3, -0.25) is 0 Å². The predicted octanol–water partition coefficient (Wildman–Crippen LogP) is 2.28. The van der Waals surface area contributed by atoms with Gasteiger partial charge in [0.1, 0.15) is 5.75 Å². The Morgan fingerprint density at radius 1 is 1.53 bits per heavy atom. The first-order valence-corrected chi connectivity index (χ1v) is 5.62. The van der Waals surface area contributed by atoms with E-state index in [1.807, 2.05) is 6.07 Å². The number of rotatable bonds is 5. The van der Waals surface area contributed by atoms with E-state index in [9.17, 15) is 5.11 Å². The summed E-state index contributed by atoms with van der Waals surface area (Å²) in [4.78, 5) is 0. The molecule has 0 saturated heterocycles. The fourth-order valence-corrected chi connectivity index (χ4v) is 1.68. The van der Waals surface area contributed by atoms with Gasteiger partial charge in [-0.15, -0.1) is 0 Å². The van der Waals surface area contributed by atoms with Crippen molar-refractivity contribution in [2.75, 3.05) is 13.7 Å². The van der Waals surface area contributed by atoms with Crippen molar-refractivity contribution in [1.82, 2.24) is 5.32 Å². The molecule has 0 aromatic heterocycles. The summed E-state index contributed by atoms with van der Waals surface area (Å²) in [6.45, 7) is 3.44. The molecule has 0 aliphatic carbocycles. The van der Waals surface area contributed by atoms with Crippen LogP contribution in [0.3, 0.4) is 0 Å². The maximum Gasteiger partial charge on any atom is 0.115 e. The van der Waals surface area contributed by atoms with Crippen molar-refractivity contribution in [2.45, 2.75) is 19.5 Å². The molecular weight excluding hydrogens is 258 g/mol. The number of phenolic OH excluding ortho intramolecular Hbond substituents is 1. The first kappa shape index (κ1) is 12.5. The number of nitrogens with one attached hydrogen (secondary N) is 1. The van der Waals surface area contributed by atoms with Crippen LogP contribution in [0, 0.1) is 0 Å². The molecule has 1 unspecified atom stereocenters. The van der Waals surface area contributed by atoms with Crippen molar-refractivity contribution >= 4 is 15.9 Å². The highest BCUT2D eigenvalue weighted by Crippen LogP contribution is 2.21. The fraction of sp³-hybridized carbons (Fsp3) is 0.455. The van der Waals surface area contributed by atoms with Crippen molar-refractivity contribution in [3.05, 3.63) is 28.2 Å². The minimum absolute atomic E-state index is 0.286. The molecule has 0 bridgehead atoms. The molecule has 0 heterocycles. The Labute approximate surface area is 98.6 Å². The molecule has 0 aliphatic rings. The Morgan fingerprint density at radius 2 is 2.27 bits per heavy atom. The quantitative estimate of drug-likeness (QED) is 0.865. The molecule has 2 N–H and O–H groups in total. The van der Waals surface area contributed by atoms with Gasteiger partial charge in [-0.2, -0.15) is 0 Å². The zero-order valence-corrected chi connectivity index (χ0v) is 10.5. The van der Waals surface area contributed by atoms with Crippen molar-refractivity contribution in [3.8, 4) is 5.75 Å². The average Bonchev–Trinajstić information content (AvgIpc) is 2.20. The normalized spacial score (nSPS) is 12.7. The average molecular weight is 274 g/mol. The summed E-state index contributed by atoms with van der Waals surface area (Å²) in [6.07, 6.45) is 0. The fourth-order valence-electron chi connectivity index (χ4n) is 1.29. The van der Waals surface area contributed by atoms with Crippen molar-refractivity contribution in [3.63, 3.8) is 0 Å². The lowest BCUT2D eigenvalue weighted by Gasteiger charge is -2.13. The molecule has 0 aliphatic heterocycles. The highest BCUT2D eigenvalue weighted by molar-refractivity contribution is 9.10. The molecule has 15 heavy (non-hydrogen) atoms. The van der Waals surface area contributed by atoms with E-state index in [4.69, 9.17) is 4.74 Å². The molecule has 1 atom stereocenters. The molecule has 0 spiro atoms. The second-order valence-electron chi connectivity index (χ2n) is 3.51. The van der Waals surface area contributed by atoms with Crippen LogP contribution in [0.25, 0.3) is 0 Å². The number of halogens is 1. The predicted molar refractivity (Wildman–Crippen MR) is 64.0 cm³/mol. The summed E-state index contributed by atoms with van der Waals surface area (Å²) >= 11 is 3.44. The van der Waals surface area contributed by atoms with E-state index in [1.54, 1.807) is 19.2 Å². The van der Waals surface area contributed by atoms with Gasteiger partial charge < -0.3 is 15.2 Å². The van der Waals surface area contributed by atoms with Crippen LogP contribution in [0.5, 0.6) is 5.75 Å². The van der Waals surface area contributed by atoms with Crippen LogP contribution in [-0.4, -0.2) is 24.9 Å². The zero-order valence-electron chi connectivity index (χ0n) is 8.96. The van der Waals surface area contributed by atoms with E-state index in [1.165, 1.54) is 0 Å². The first-order chi connectivity index (χ1) is 7.13. The van der Waals surface area contributed by atoms with Gasteiger partial charge >= 0.3 is 0 Å². The lowest BCUT2D eigenvalue weighted by molar-refractivity contribution is 0.171. The minimum atomic E-state index is 0.286. The lowest BCUT2D eigenvalue weighted by atomic mass is 10.2. The Hall–Kier alpha value is -0.580. The van der Waals surface area contributed by atoms with Gasteiger partial charge in [-0.1, -0.05) is 15.9 Å². The monoisotopic (exact) mass is 273 g/mol. The van der Waals surface area contributed by atoms with E-state index < -0.39 is 0 Å². The number of ether oxygens (including phenoxy) is 1. The number of methoxy groups -OCH3 is 1. The topological polar surface area (TPSA) is 41.5 Å². The van der Waals surface area contributed by atoms with Crippen molar-refractivity contribution < 1.29 is 9.84 Å². The third-order valence-corrected chi connectivity index (χ3v) is 2.86.